The summed E-state index contributed by atoms with van der Waals surface area (Å²) in [6, 6.07) is 4.47. The van der Waals surface area contributed by atoms with Gasteiger partial charge in [-0.15, -0.1) is 11.3 Å². The maximum Gasteiger partial charge on any atom is 0.472 e. The molecule has 0 saturated heterocycles. The van der Waals surface area contributed by atoms with E-state index in [1.165, 1.54) is 29.0 Å². The fourth-order valence-electron chi connectivity index (χ4n) is 4.70. The average molecular weight is 712 g/mol. The van der Waals surface area contributed by atoms with Crippen molar-refractivity contribution in [1.82, 2.24) is 19.9 Å². The number of pyridine rings is 2. The van der Waals surface area contributed by atoms with Gasteiger partial charge in [0.1, 0.15) is 16.4 Å². The Bertz CT molecular complexity index is 1960. The van der Waals surface area contributed by atoms with Gasteiger partial charge in [-0.05, 0) is 57.9 Å². The van der Waals surface area contributed by atoms with Gasteiger partial charge in [0.2, 0.25) is 5.43 Å². The number of carboxylic acid groups (broad SMARTS) is 1. The number of nitrogens with one attached hydrogen (secondary N) is 2. The molecule has 0 saturated carbocycles. The summed E-state index contributed by atoms with van der Waals surface area (Å²) in [5.41, 5.74) is -2.62. The Balaban J connectivity index is 1.87. The number of thiazole rings is 1. The van der Waals surface area contributed by atoms with Crippen molar-refractivity contribution in [2.75, 3.05) is 18.5 Å². The van der Waals surface area contributed by atoms with Crippen LogP contribution in [0.15, 0.2) is 46.8 Å². The number of anilines is 1. The number of amides is 2. The molecule has 48 heavy (non-hydrogen) atoms. The maximum atomic E-state index is 13.5. The van der Waals surface area contributed by atoms with Gasteiger partial charge in [-0.25, -0.2) is 24.1 Å². The smallest absolute Gasteiger partial charge is 0.472 e. The number of alkyl halides is 3. The summed E-state index contributed by atoms with van der Waals surface area (Å²) in [6.45, 7) is 8.07. The molecule has 0 aliphatic rings. The third kappa shape index (κ3) is 8.65. The number of carbonyl (C=O) groups is 2. The maximum absolute atomic E-state index is 13.5. The third-order valence-corrected chi connectivity index (χ3v) is 8.89. The van der Waals surface area contributed by atoms with Crippen molar-refractivity contribution >= 4 is 47.9 Å². The minimum absolute atomic E-state index is 0.0159. The van der Waals surface area contributed by atoms with Gasteiger partial charge in [0.25, 0.3) is 0 Å². The van der Waals surface area contributed by atoms with E-state index in [9.17, 15) is 42.1 Å². The van der Waals surface area contributed by atoms with Gasteiger partial charge < -0.3 is 19.9 Å². The molecule has 0 radical (unpaired) electrons. The van der Waals surface area contributed by atoms with Crippen LogP contribution in [0.3, 0.4) is 0 Å². The molecule has 3 heterocycles. The minimum atomic E-state index is -4.71. The van der Waals surface area contributed by atoms with Crippen molar-refractivity contribution in [2.24, 2.45) is 0 Å². The SMILES string of the molecule is CCNC(=O)Nc1cc(-c2nc(C(F)(F)F)cs2)c(-c2ccc3c(c2)c(=O)c(C(=O)O)cn3[C@H](CC)COP(=O)(O)OC(C)(C)C)cn1. The van der Waals surface area contributed by atoms with Gasteiger partial charge >= 0.3 is 26.0 Å². The summed E-state index contributed by atoms with van der Waals surface area (Å²) in [5.74, 6) is -1.51. The Labute approximate surface area is 276 Å². The van der Waals surface area contributed by atoms with E-state index in [0.717, 1.165) is 11.6 Å². The Morgan fingerprint density at radius 1 is 1.15 bits per heavy atom. The zero-order valence-electron chi connectivity index (χ0n) is 26.4. The number of rotatable bonds is 11. The van der Waals surface area contributed by atoms with Crippen LogP contribution in [0.5, 0.6) is 0 Å². The number of nitrogens with zero attached hydrogens (tertiary/aromatic N) is 3. The topological polar surface area (TPSA) is 182 Å². The second-order valence-electron chi connectivity index (χ2n) is 11.5. The number of hydrogen-bond donors (Lipinski definition) is 4. The highest BCUT2D eigenvalue weighted by molar-refractivity contribution is 7.47. The van der Waals surface area contributed by atoms with Crippen LogP contribution in [0.25, 0.3) is 32.6 Å². The van der Waals surface area contributed by atoms with E-state index in [1.54, 1.807) is 40.7 Å². The first-order valence-electron chi connectivity index (χ1n) is 14.5. The van der Waals surface area contributed by atoms with Gasteiger partial charge in [-0.3, -0.25) is 19.2 Å². The molecule has 0 spiro atoms. The number of fused-ring (bicyclic) bond motifs is 1. The molecule has 0 fully saturated rings. The molecule has 4 N–H and O–H groups in total. The highest BCUT2D eigenvalue weighted by Gasteiger charge is 2.34. The first-order valence-corrected chi connectivity index (χ1v) is 16.9. The lowest BCUT2D eigenvalue weighted by Gasteiger charge is -2.26. The number of hydrogen-bond acceptors (Lipinski definition) is 9. The Hall–Kier alpha value is -4.15. The van der Waals surface area contributed by atoms with Crippen LogP contribution in [0.1, 0.15) is 63.1 Å². The number of phosphoric ester groups is 1. The molecule has 0 aliphatic carbocycles. The molecule has 18 heteroatoms. The van der Waals surface area contributed by atoms with E-state index in [2.05, 4.69) is 20.6 Å². The minimum Gasteiger partial charge on any atom is -0.477 e. The van der Waals surface area contributed by atoms with E-state index in [4.69, 9.17) is 9.05 Å². The molecule has 1 aromatic carbocycles. The Morgan fingerprint density at radius 2 is 1.85 bits per heavy atom. The summed E-state index contributed by atoms with van der Waals surface area (Å²) < 4.78 is 64.8. The molecular weight excluding hydrogens is 678 g/mol. The van der Waals surface area contributed by atoms with Crippen molar-refractivity contribution in [3.8, 4) is 21.7 Å². The molecule has 13 nitrogen and oxygen atoms in total. The molecule has 3 aromatic heterocycles. The number of carbonyl (C=O) groups excluding carboxylic acids is 1. The van der Waals surface area contributed by atoms with Crippen molar-refractivity contribution in [1.29, 1.82) is 0 Å². The predicted molar refractivity (Wildman–Crippen MR) is 173 cm³/mol. The second kappa shape index (κ2) is 14.1. The van der Waals surface area contributed by atoms with Gasteiger partial charge in [0.05, 0.1) is 23.8 Å². The van der Waals surface area contributed by atoms with Crippen LogP contribution in [-0.4, -0.2) is 55.3 Å². The summed E-state index contributed by atoms with van der Waals surface area (Å²) in [7, 11) is -4.52. The summed E-state index contributed by atoms with van der Waals surface area (Å²) >= 11 is 0.711. The van der Waals surface area contributed by atoms with Gasteiger partial charge in [-0.2, -0.15) is 13.2 Å². The van der Waals surface area contributed by atoms with Crippen LogP contribution >= 0.6 is 19.2 Å². The molecule has 258 valence electrons. The number of urea groups is 1. The summed E-state index contributed by atoms with van der Waals surface area (Å²) in [5, 5.41) is 15.6. The predicted octanol–water partition coefficient (Wildman–Crippen LogP) is 6.93. The van der Waals surface area contributed by atoms with Gasteiger partial charge in [0.15, 0.2) is 5.69 Å². The molecule has 4 rings (SSSR count). The molecule has 1 unspecified atom stereocenters. The Morgan fingerprint density at radius 3 is 2.44 bits per heavy atom. The molecule has 0 aliphatic heterocycles. The number of benzene rings is 1. The fourth-order valence-corrected chi connectivity index (χ4v) is 6.67. The third-order valence-electron chi connectivity index (χ3n) is 6.77. The normalized spacial score (nSPS) is 14.0. The van der Waals surface area contributed by atoms with Crippen molar-refractivity contribution in [3.63, 3.8) is 0 Å². The lowest BCUT2D eigenvalue weighted by molar-refractivity contribution is -0.140. The first kappa shape index (κ1) is 36.7. The molecule has 2 amide bonds. The van der Waals surface area contributed by atoms with E-state index < -0.39 is 54.3 Å². The number of aromatic carboxylic acids is 1. The van der Waals surface area contributed by atoms with Gasteiger partial charge in [-0.1, -0.05) is 13.0 Å². The van der Waals surface area contributed by atoms with E-state index >= 15 is 0 Å². The van der Waals surface area contributed by atoms with Crippen molar-refractivity contribution in [3.05, 3.63) is 63.5 Å². The standard InChI is InChI=1S/C30H33F3N5O8PS/c1-6-17(14-45-47(43,44)46-29(3,4)5)38-13-21(27(40)41)25(39)19-10-16(8-9-22(19)38)20-12-35-24(37-28(42)34-7-2)11-18(20)26-36-23(15-48-26)30(31,32)33/h8-13,15,17H,6-7,14H2,1-5H3,(H,40,41)(H,43,44)(H2,34,35,37,42)/t17-/m1/s1. The average Bonchev–Trinajstić information content (AvgIpc) is 3.48. The lowest BCUT2D eigenvalue weighted by Crippen LogP contribution is -2.28. The summed E-state index contributed by atoms with van der Waals surface area (Å²) in [4.78, 5) is 56.0. The van der Waals surface area contributed by atoms with Crippen LogP contribution in [0.2, 0.25) is 0 Å². The molecule has 0 bridgehead atoms. The Kier molecular flexibility index (Phi) is 10.8. The van der Waals surface area contributed by atoms with Crippen molar-refractivity contribution in [2.45, 2.75) is 58.9 Å². The number of halogens is 3. The van der Waals surface area contributed by atoms with Crippen molar-refractivity contribution < 1.29 is 46.4 Å². The van der Waals surface area contributed by atoms with Crippen LogP contribution in [0, 0.1) is 0 Å². The zero-order valence-corrected chi connectivity index (χ0v) is 28.1. The highest BCUT2D eigenvalue weighted by atomic mass is 32.1. The van der Waals surface area contributed by atoms with E-state index in [-0.39, 0.29) is 51.4 Å². The number of phosphoric acid groups is 1. The van der Waals surface area contributed by atoms with Crippen LogP contribution < -0.4 is 16.1 Å². The number of carboxylic acids is 1. The van der Waals surface area contributed by atoms with Gasteiger partial charge in [0, 0.05) is 40.8 Å². The summed E-state index contributed by atoms with van der Waals surface area (Å²) in [6.07, 6.45) is -2.01. The fraction of sp³-hybridized carbons (Fsp3) is 0.367. The zero-order chi connectivity index (χ0) is 35.6. The lowest BCUT2D eigenvalue weighted by atomic mass is 9.99. The first-order chi connectivity index (χ1) is 22.3. The van der Waals surface area contributed by atoms with Crippen LogP contribution in [0.4, 0.5) is 23.8 Å². The molecule has 2 atom stereocenters. The highest BCUT2D eigenvalue weighted by Crippen LogP contribution is 2.48. The molecule has 4 aromatic rings. The number of aromatic nitrogens is 3. The largest absolute Gasteiger partial charge is 0.477 e. The molecular formula is C30H33F3N5O8PS. The quantitative estimate of drug-likeness (QED) is 0.119. The van der Waals surface area contributed by atoms with E-state index in [0.29, 0.717) is 17.9 Å². The van der Waals surface area contributed by atoms with Crippen LogP contribution in [-0.2, 0) is 19.8 Å². The van der Waals surface area contributed by atoms with E-state index in [1.807, 2.05) is 0 Å². The monoisotopic (exact) mass is 711 g/mol. The second-order valence-corrected chi connectivity index (χ2v) is 13.7.